The number of nitrogens with zero attached hydrogens (tertiary/aromatic N) is 5. The zero-order chi connectivity index (χ0) is 23.5. The summed E-state index contributed by atoms with van der Waals surface area (Å²) in [5.74, 6) is 0.841. The highest BCUT2D eigenvalue weighted by Gasteiger charge is 2.26. The van der Waals surface area contributed by atoms with E-state index in [0.29, 0.717) is 61.0 Å². The number of rotatable bonds is 7. The molecule has 1 aliphatic carbocycles. The molecule has 1 saturated heterocycles. The standard InChI is InChI=1S/C24H30F2N6O2/c1-2-27-16-7-9-17(10-8-16)34-21-15-20(29-24(30-21)31-11-13-33-14-12-31)32-19-6-4-3-5-18(19)28-23(32)22(25)26/h3-6,15-17,22,27H,2,7-14H2,1H3. The Morgan fingerprint density at radius 3 is 2.59 bits per heavy atom. The van der Waals surface area contributed by atoms with E-state index in [4.69, 9.17) is 9.47 Å². The molecule has 182 valence electrons. The van der Waals surface area contributed by atoms with E-state index in [0.717, 1.165) is 32.2 Å². The van der Waals surface area contributed by atoms with E-state index in [2.05, 4.69) is 27.2 Å². The van der Waals surface area contributed by atoms with Gasteiger partial charge in [0.05, 0.1) is 24.2 Å². The number of para-hydroxylation sites is 2. The second-order valence-corrected chi connectivity index (χ2v) is 8.71. The molecule has 1 aliphatic heterocycles. The summed E-state index contributed by atoms with van der Waals surface area (Å²) in [4.78, 5) is 15.5. The van der Waals surface area contributed by atoms with Crippen molar-refractivity contribution in [2.24, 2.45) is 0 Å². The van der Waals surface area contributed by atoms with Gasteiger partial charge in [0.25, 0.3) is 6.43 Å². The zero-order valence-electron chi connectivity index (χ0n) is 19.3. The number of imidazole rings is 1. The number of fused-ring (bicyclic) bond motifs is 1. The molecule has 0 atom stereocenters. The number of hydrogen-bond acceptors (Lipinski definition) is 7. The Bertz CT molecular complexity index is 1110. The molecular weight excluding hydrogens is 442 g/mol. The smallest absolute Gasteiger partial charge is 0.296 e. The van der Waals surface area contributed by atoms with Crippen LogP contribution in [0.15, 0.2) is 30.3 Å². The Hall–Kier alpha value is -2.85. The normalized spacial score (nSPS) is 21.4. The molecule has 10 heteroatoms. The number of ether oxygens (including phenoxy) is 2. The van der Waals surface area contributed by atoms with Crippen LogP contribution in [0.1, 0.15) is 44.9 Å². The predicted molar refractivity (Wildman–Crippen MR) is 125 cm³/mol. The average Bonchev–Trinajstić information content (AvgIpc) is 3.26. The van der Waals surface area contributed by atoms with Crippen molar-refractivity contribution in [2.75, 3.05) is 37.7 Å². The molecule has 0 spiro atoms. The average molecular weight is 473 g/mol. The molecule has 34 heavy (non-hydrogen) atoms. The first-order chi connectivity index (χ1) is 16.6. The number of aromatic nitrogens is 4. The highest BCUT2D eigenvalue weighted by molar-refractivity contribution is 5.78. The minimum atomic E-state index is -2.75. The van der Waals surface area contributed by atoms with Crippen LogP contribution in [0.4, 0.5) is 14.7 Å². The molecule has 1 N–H and O–H groups in total. The molecule has 1 saturated carbocycles. The van der Waals surface area contributed by atoms with Gasteiger partial charge in [-0.25, -0.2) is 13.8 Å². The number of morpholine rings is 1. The SMILES string of the molecule is CCNC1CCC(Oc2cc(-n3c(C(F)F)nc4ccccc43)nc(N3CCOCC3)n2)CC1. The quantitative estimate of drug-likeness (QED) is 0.559. The summed E-state index contributed by atoms with van der Waals surface area (Å²) in [7, 11) is 0. The van der Waals surface area contributed by atoms with Crippen molar-refractivity contribution in [3.63, 3.8) is 0 Å². The third kappa shape index (κ3) is 4.83. The maximum absolute atomic E-state index is 14.0. The molecule has 2 aromatic heterocycles. The van der Waals surface area contributed by atoms with E-state index in [1.807, 2.05) is 4.90 Å². The van der Waals surface area contributed by atoms with Gasteiger partial charge in [-0.1, -0.05) is 19.1 Å². The molecule has 0 radical (unpaired) electrons. The number of anilines is 1. The van der Waals surface area contributed by atoms with E-state index in [9.17, 15) is 8.78 Å². The fourth-order valence-electron chi connectivity index (χ4n) is 4.76. The van der Waals surface area contributed by atoms with Crippen LogP contribution >= 0.6 is 0 Å². The van der Waals surface area contributed by atoms with Crippen molar-refractivity contribution >= 4 is 17.0 Å². The molecule has 3 heterocycles. The van der Waals surface area contributed by atoms with Gasteiger partial charge in [-0.3, -0.25) is 4.57 Å². The third-order valence-corrected chi connectivity index (χ3v) is 6.44. The lowest BCUT2D eigenvalue weighted by Crippen LogP contribution is -2.38. The summed E-state index contributed by atoms with van der Waals surface area (Å²) in [6.07, 6.45) is 1.19. The van der Waals surface area contributed by atoms with Gasteiger partial charge in [0, 0.05) is 25.2 Å². The Morgan fingerprint density at radius 2 is 1.85 bits per heavy atom. The number of hydrogen-bond donors (Lipinski definition) is 1. The minimum absolute atomic E-state index is 0.0318. The van der Waals surface area contributed by atoms with Gasteiger partial charge in [0.1, 0.15) is 11.9 Å². The van der Waals surface area contributed by atoms with Crippen molar-refractivity contribution in [1.82, 2.24) is 24.8 Å². The summed E-state index contributed by atoms with van der Waals surface area (Å²) >= 11 is 0. The summed E-state index contributed by atoms with van der Waals surface area (Å²) in [6.45, 7) is 5.46. The van der Waals surface area contributed by atoms with Gasteiger partial charge in [0.2, 0.25) is 11.8 Å². The Kier molecular flexibility index (Phi) is 6.87. The largest absolute Gasteiger partial charge is 0.474 e. The van der Waals surface area contributed by atoms with Crippen molar-refractivity contribution in [1.29, 1.82) is 0 Å². The van der Waals surface area contributed by atoms with Crippen LogP contribution in [0.3, 0.4) is 0 Å². The van der Waals surface area contributed by atoms with Gasteiger partial charge in [-0.15, -0.1) is 0 Å². The van der Waals surface area contributed by atoms with Gasteiger partial charge in [-0.05, 0) is 44.4 Å². The number of benzene rings is 1. The number of halogens is 2. The van der Waals surface area contributed by atoms with Crippen LogP contribution in [-0.2, 0) is 4.74 Å². The lowest BCUT2D eigenvalue weighted by atomic mass is 9.93. The first kappa shape index (κ1) is 22.9. The highest BCUT2D eigenvalue weighted by Crippen LogP contribution is 2.30. The third-order valence-electron chi connectivity index (χ3n) is 6.44. The molecule has 8 nitrogen and oxygen atoms in total. The van der Waals surface area contributed by atoms with E-state index < -0.39 is 6.43 Å². The molecular formula is C24H30F2N6O2. The van der Waals surface area contributed by atoms with Crippen LogP contribution in [0.5, 0.6) is 5.88 Å². The maximum atomic E-state index is 14.0. The molecule has 2 aliphatic rings. The Labute approximate surface area is 197 Å². The Balaban J connectivity index is 1.51. The number of nitrogens with one attached hydrogen (secondary N) is 1. The molecule has 0 unspecified atom stereocenters. The molecule has 0 amide bonds. The minimum Gasteiger partial charge on any atom is -0.474 e. The summed E-state index contributed by atoms with van der Waals surface area (Å²) in [5.41, 5.74) is 1.06. The highest BCUT2D eigenvalue weighted by atomic mass is 19.3. The maximum Gasteiger partial charge on any atom is 0.296 e. The van der Waals surface area contributed by atoms with Crippen LogP contribution < -0.4 is 15.0 Å². The lowest BCUT2D eigenvalue weighted by Gasteiger charge is -2.30. The second kappa shape index (κ2) is 10.2. The van der Waals surface area contributed by atoms with E-state index in [-0.39, 0.29) is 11.9 Å². The fourth-order valence-corrected chi connectivity index (χ4v) is 4.76. The van der Waals surface area contributed by atoms with Crippen molar-refractivity contribution in [3.8, 4) is 11.7 Å². The van der Waals surface area contributed by atoms with Gasteiger partial charge in [-0.2, -0.15) is 9.97 Å². The van der Waals surface area contributed by atoms with Crippen molar-refractivity contribution < 1.29 is 18.3 Å². The fraction of sp³-hybridized carbons (Fsp3) is 0.542. The monoisotopic (exact) mass is 472 g/mol. The van der Waals surface area contributed by atoms with E-state index in [1.165, 1.54) is 4.57 Å². The number of alkyl halides is 2. The Morgan fingerprint density at radius 1 is 1.09 bits per heavy atom. The first-order valence-corrected chi connectivity index (χ1v) is 12.0. The van der Waals surface area contributed by atoms with Gasteiger partial charge >= 0.3 is 0 Å². The first-order valence-electron chi connectivity index (χ1n) is 12.0. The van der Waals surface area contributed by atoms with E-state index in [1.54, 1.807) is 30.3 Å². The van der Waals surface area contributed by atoms with E-state index >= 15 is 0 Å². The molecule has 2 fully saturated rings. The lowest BCUT2D eigenvalue weighted by molar-refractivity contribution is 0.121. The van der Waals surface area contributed by atoms with Crippen LogP contribution in [0.2, 0.25) is 0 Å². The summed E-state index contributed by atoms with van der Waals surface area (Å²) in [5, 5.41) is 3.50. The van der Waals surface area contributed by atoms with Gasteiger partial charge < -0.3 is 19.7 Å². The van der Waals surface area contributed by atoms with Crippen LogP contribution in [-0.4, -0.2) is 64.5 Å². The molecule has 0 bridgehead atoms. The zero-order valence-corrected chi connectivity index (χ0v) is 19.3. The molecule has 3 aromatic rings. The van der Waals surface area contributed by atoms with Crippen molar-refractivity contribution in [2.45, 2.75) is 51.2 Å². The van der Waals surface area contributed by atoms with Crippen LogP contribution in [0.25, 0.3) is 16.9 Å². The topological polar surface area (TPSA) is 77.3 Å². The predicted octanol–water partition coefficient (Wildman–Crippen LogP) is 3.89. The second-order valence-electron chi connectivity index (χ2n) is 8.71. The van der Waals surface area contributed by atoms with Crippen molar-refractivity contribution in [3.05, 3.63) is 36.2 Å². The molecule has 1 aromatic carbocycles. The summed E-state index contributed by atoms with van der Waals surface area (Å²) < 4.78 is 41.2. The molecule has 5 rings (SSSR count). The van der Waals surface area contributed by atoms with Gasteiger partial charge in [0.15, 0.2) is 5.82 Å². The van der Waals surface area contributed by atoms with Crippen LogP contribution in [0, 0.1) is 0 Å². The summed E-state index contributed by atoms with van der Waals surface area (Å²) in [6, 6.07) is 9.25.